The zero-order valence-electron chi connectivity index (χ0n) is 11.4. The fraction of sp³-hybridized carbons (Fsp3) is 0.286. The van der Waals surface area contributed by atoms with E-state index in [0.29, 0.717) is 11.5 Å². The van der Waals surface area contributed by atoms with Crippen LogP contribution in [-0.2, 0) is 6.42 Å². The Morgan fingerprint density at radius 3 is 2.60 bits per heavy atom. The minimum Gasteiger partial charge on any atom is -0.493 e. The number of hydrogen-bond acceptors (Lipinski definition) is 5. The molecule has 1 aromatic carbocycles. The van der Waals surface area contributed by atoms with Crippen LogP contribution in [0, 0.1) is 0 Å². The Bertz CT molecular complexity index is 574. The third-order valence-corrected chi connectivity index (χ3v) is 4.30. The van der Waals surface area contributed by atoms with Crippen molar-refractivity contribution in [3.8, 4) is 11.5 Å². The van der Waals surface area contributed by atoms with Crippen LogP contribution < -0.4 is 20.7 Å². The zero-order chi connectivity index (χ0) is 14.5. The highest BCUT2D eigenvalue weighted by Gasteiger charge is 2.19. The second kappa shape index (κ2) is 6.95. The number of hydrogen-bond donors (Lipinski definition) is 2. The van der Waals surface area contributed by atoms with Gasteiger partial charge >= 0.3 is 0 Å². The Balaban J connectivity index is 2.31. The van der Waals surface area contributed by atoms with Gasteiger partial charge in [0.2, 0.25) is 0 Å². The van der Waals surface area contributed by atoms with Crippen LogP contribution in [0.15, 0.2) is 30.3 Å². The Morgan fingerprint density at radius 2 is 2.05 bits per heavy atom. The monoisotopic (exact) mass is 312 g/mol. The molecule has 0 bridgehead atoms. The first-order valence-electron chi connectivity index (χ1n) is 6.10. The number of nitrogens with one attached hydrogen (secondary N) is 1. The lowest BCUT2D eigenvalue weighted by Gasteiger charge is -2.20. The van der Waals surface area contributed by atoms with E-state index in [0.717, 1.165) is 21.2 Å². The number of ether oxygens (including phenoxy) is 2. The van der Waals surface area contributed by atoms with Gasteiger partial charge in [-0.1, -0.05) is 23.7 Å². The van der Waals surface area contributed by atoms with E-state index < -0.39 is 0 Å². The van der Waals surface area contributed by atoms with E-state index in [1.807, 2.05) is 30.3 Å². The molecule has 6 heteroatoms. The summed E-state index contributed by atoms with van der Waals surface area (Å²) in [5, 5.41) is 0. The third-order valence-electron chi connectivity index (χ3n) is 3.04. The molecule has 2 rings (SSSR count). The fourth-order valence-electron chi connectivity index (χ4n) is 2.11. The van der Waals surface area contributed by atoms with Gasteiger partial charge in [0.05, 0.1) is 24.6 Å². The van der Waals surface area contributed by atoms with E-state index >= 15 is 0 Å². The quantitative estimate of drug-likeness (QED) is 0.635. The van der Waals surface area contributed by atoms with E-state index in [2.05, 4.69) is 5.43 Å². The summed E-state index contributed by atoms with van der Waals surface area (Å²) in [6, 6.07) is 9.57. The molecule has 1 heterocycles. The van der Waals surface area contributed by atoms with Crippen LogP contribution in [0.1, 0.15) is 16.5 Å². The molecular weight excluding hydrogens is 296 g/mol. The van der Waals surface area contributed by atoms with Crippen molar-refractivity contribution in [1.29, 1.82) is 0 Å². The van der Waals surface area contributed by atoms with Gasteiger partial charge in [-0.2, -0.15) is 0 Å². The smallest absolute Gasteiger partial charge is 0.165 e. The number of nitrogens with two attached hydrogens (primary N) is 1. The molecule has 20 heavy (non-hydrogen) atoms. The number of halogens is 1. The molecule has 0 aliphatic rings. The van der Waals surface area contributed by atoms with Crippen molar-refractivity contribution in [1.82, 2.24) is 5.43 Å². The lowest BCUT2D eigenvalue weighted by atomic mass is 10.0. The number of benzene rings is 1. The largest absolute Gasteiger partial charge is 0.493 e. The molecular formula is C14H17ClN2O2S. The lowest BCUT2D eigenvalue weighted by Crippen LogP contribution is -2.29. The summed E-state index contributed by atoms with van der Waals surface area (Å²) in [6.07, 6.45) is 0.734. The summed E-state index contributed by atoms with van der Waals surface area (Å²) < 4.78 is 11.5. The molecule has 1 aromatic heterocycles. The number of thiophene rings is 1. The summed E-state index contributed by atoms with van der Waals surface area (Å²) in [4.78, 5) is 1.16. The van der Waals surface area contributed by atoms with Crippen molar-refractivity contribution < 1.29 is 9.47 Å². The Kier molecular flexibility index (Phi) is 5.25. The Labute approximate surface area is 127 Å². The van der Waals surface area contributed by atoms with Crippen molar-refractivity contribution in [2.75, 3.05) is 14.2 Å². The first-order valence-corrected chi connectivity index (χ1v) is 7.30. The van der Waals surface area contributed by atoms with Gasteiger partial charge in [0.15, 0.2) is 11.5 Å². The first-order chi connectivity index (χ1) is 9.69. The predicted octanol–water partition coefficient (Wildman–Crippen LogP) is 3.17. The highest BCUT2D eigenvalue weighted by molar-refractivity contribution is 7.16. The maximum atomic E-state index is 5.96. The standard InChI is InChI=1S/C14H17ClN2O2S/c1-18-12-5-3-4-10(14(12)19-2)11(17-16)8-9-6-7-13(15)20-9/h3-7,11,17H,8,16H2,1-2H3. The maximum absolute atomic E-state index is 5.96. The van der Waals surface area contributed by atoms with Crippen LogP contribution in [0.25, 0.3) is 0 Å². The van der Waals surface area contributed by atoms with Gasteiger partial charge < -0.3 is 9.47 Å². The van der Waals surface area contributed by atoms with Crippen molar-refractivity contribution in [3.63, 3.8) is 0 Å². The molecule has 1 unspecified atom stereocenters. The number of para-hydroxylation sites is 1. The van der Waals surface area contributed by atoms with Gasteiger partial charge in [-0.25, -0.2) is 0 Å². The molecule has 0 fully saturated rings. The van der Waals surface area contributed by atoms with Crippen molar-refractivity contribution in [2.24, 2.45) is 5.84 Å². The first kappa shape index (κ1) is 15.1. The van der Waals surface area contributed by atoms with E-state index in [-0.39, 0.29) is 6.04 Å². The van der Waals surface area contributed by atoms with Crippen LogP contribution in [0.3, 0.4) is 0 Å². The Hall–Kier alpha value is -1.27. The normalized spacial score (nSPS) is 12.2. The topological polar surface area (TPSA) is 56.5 Å². The summed E-state index contributed by atoms with van der Waals surface area (Å²) in [7, 11) is 3.24. The van der Waals surface area contributed by atoms with Crippen LogP contribution in [0.2, 0.25) is 4.34 Å². The van der Waals surface area contributed by atoms with Gasteiger partial charge in [-0.3, -0.25) is 11.3 Å². The fourth-order valence-corrected chi connectivity index (χ4v) is 3.24. The summed E-state index contributed by atoms with van der Waals surface area (Å²) in [5.41, 5.74) is 3.79. The van der Waals surface area contributed by atoms with Crippen LogP contribution in [0.5, 0.6) is 11.5 Å². The van der Waals surface area contributed by atoms with Crippen molar-refractivity contribution >= 4 is 22.9 Å². The van der Waals surface area contributed by atoms with Crippen LogP contribution in [0.4, 0.5) is 0 Å². The van der Waals surface area contributed by atoms with E-state index in [1.165, 1.54) is 0 Å². The average Bonchev–Trinajstić information content (AvgIpc) is 2.89. The Morgan fingerprint density at radius 1 is 1.25 bits per heavy atom. The number of hydrazine groups is 1. The minimum atomic E-state index is -0.0743. The molecule has 0 saturated heterocycles. The zero-order valence-corrected chi connectivity index (χ0v) is 12.9. The number of rotatable bonds is 6. The molecule has 0 amide bonds. The molecule has 0 radical (unpaired) electrons. The summed E-state index contributed by atoms with van der Waals surface area (Å²) >= 11 is 7.51. The highest BCUT2D eigenvalue weighted by atomic mass is 35.5. The van der Waals surface area contributed by atoms with Crippen molar-refractivity contribution in [3.05, 3.63) is 45.1 Å². The summed E-state index contributed by atoms with van der Waals surface area (Å²) in [5.74, 6) is 7.08. The molecule has 0 aliphatic heterocycles. The van der Waals surface area contributed by atoms with Crippen LogP contribution >= 0.6 is 22.9 Å². The van der Waals surface area contributed by atoms with E-state index in [4.69, 9.17) is 26.9 Å². The van der Waals surface area contributed by atoms with Gasteiger partial charge in [0.1, 0.15) is 0 Å². The van der Waals surface area contributed by atoms with Gasteiger partial charge in [0, 0.05) is 16.9 Å². The molecule has 0 aliphatic carbocycles. The predicted molar refractivity (Wildman–Crippen MR) is 82.6 cm³/mol. The van der Waals surface area contributed by atoms with E-state index in [1.54, 1.807) is 25.6 Å². The lowest BCUT2D eigenvalue weighted by molar-refractivity contribution is 0.346. The molecule has 0 saturated carbocycles. The van der Waals surface area contributed by atoms with Gasteiger partial charge in [0.25, 0.3) is 0 Å². The maximum Gasteiger partial charge on any atom is 0.165 e. The molecule has 1 atom stereocenters. The second-order valence-corrected chi connectivity index (χ2v) is 6.01. The van der Waals surface area contributed by atoms with Crippen LogP contribution in [-0.4, -0.2) is 14.2 Å². The van der Waals surface area contributed by atoms with E-state index in [9.17, 15) is 0 Å². The molecule has 4 nitrogen and oxygen atoms in total. The number of methoxy groups -OCH3 is 2. The molecule has 0 spiro atoms. The minimum absolute atomic E-state index is 0.0743. The third kappa shape index (κ3) is 3.24. The second-order valence-electron chi connectivity index (χ2n) is 4.21. The SMILES string of the molecule is COc1cccc(C(Cc2ccc(Cl)s2)NN)c1OC. The van der Waals surface area contributed by atoms with Gasteiger partial charge in [-0.05, 0) is 18.2 Å². The molecule has 3 N–H and O–H groups in total. The van der Waals surface area contributed by atoms with Gasteiger partial charge in [-0.15, -0.1) is 11.3 Å². The molecule has 2 aromatic rings. The highest BCUT2D eigenvalue weighted by Crippen LogP contribution is 2.36. The van der Waals surface area contributed by atoms with Crippen molar-refractivity contribution in [2.45, 2.75) is 12.5 Å². The molecule has 108 valence electrons. The average molecular weight is 313 g/mol. The summed E-state index contributed by atoms with van der Waals surface area (Å²) in [6.45, 7) is 0.